The van der Waals surface area contributed by atoms with Crippen LogP contribution in [0.5, 0.6) is 0 Å². The molecule has 1 fully saturated rings. The van der Waals surface area contributed by atoms with Crippen LogP contribution < -0.4 is 10.6 Å². The van der Waals surface area contributed by atoms with Gasteiger partial charge in [-0.1, -0.05) is 23.2 Å². The van der Waals surface area contributed by atoms with Crippen LogP contribution in [0.25, 0.3) is 11.3 Å². The van der Waals surface area contributed by atoms with Gasteiger partial charge in [-0.05, 0) is 50.0 Å². The van der Waals surface area contributed by atoms with Crippen molar-refractivity contribution in [3.8, 4) is 11.3 Å². The zero-order valence-corrected chi connectivity index (χ0v) is 14.0. The maximum absolute atomic E-state index is 12.0. The van der Waals surface area contributed by atoms with Crippen molar-refractivity contribution in [1.29, 1.82) is 0 Å². The first-order chi connectivity index (χ1) is 11.1. The van der Waals surface area contributed by atoms with Crippen molar-refractivity contribution in [2.75, 3.05) is 18.4 Å². The molecule has 0 bridgehead atoms. The van der Waals surface area contributed by atoms with Gasteiger partial charge >= 0.3 is 0 Å². The molecule has 3 N–H and O–H groups in total. The summed E-state index contributed by atoms with van der Waals surface area (Å²) in [6.45, 7) is 2.06. The van der Waals surface area contributed by atoms with E-state index in [0.717, 1.165) is 37.2 Å². The first-order valence-electron chi connectivity index (χ1n) is 7.62. The number of anilines is 1. The van der Waals surface area contributed by atoms with Crippen molar-refractivity contribution in [2.24, 2.45) is 5.92 Å². The van der Waals surface area contributed by atoms with Gasteiger partial charge < -0.3 is 10.6 Å². The summed E-state index contributed by atoms with van der Waals surface area (Å²) in [6, 6.07) is 7.03. The molecule has 7 heteroatoms. The van der Waals surface area contributed by atoms with Gasteiger partial charge in [-0.2, -0.15) is 5.10 Å². The molecule has 23 heavy (non-hydrogen) atoms. The Kier molecular flexibility index (Phi) is 5.20. The molecule has 1 aliphatic heterocycles. The third-order valence-electron chi connectivity index (χ3n) is 3.96. The van der Waals surface area contributed by atoms with Crippen LogP contribution in [0.3, 0.4) is 0 Å². The van der Waals surface area contributed by atoms with Crippen LogP contribution in [0.1, 0.15) is 19.3 Å². The van der Waals surface area contributed by atoms with Crippen molar-refractivity contribution in [3.63, 3.8) is 0 Å². The molecule has 5 nitrogen and oxygen atoms in total. The number of nitrogens with one attached hydrogen (secondary N) is 3. The molecule has 122 valence electrons. The molecule has 0 saturated carbocycles. The van der Waals surface area contributed by atoms with Crippen molar-refractivity contribution in [2.45, 2.75) is 19.3 Å². The minimum Gasteiger partial charge on any atom is -0.316 e. The highest BCUT2D eigenvalue weighted by atomic mass is 35.5. The van der Waals surface area contributed by atoms with Crippen molar-refractivity contribution < 1.29 is 4.79 Å². The second-order valence-corrected chi connectivity index (χ2v) is 6.64. The molecule has 0 radical (unpaired) electrons. The standard InChI is InChI=1S/C16H18Cl2N4O/c17-12-5-11(6-13(18)7-12)14-8-15(22-21-14)20-16(23)2-1-10-3-4-19-9-10/h5-8,10,19H,1-4,9H2,(H2,20,21,22,23). The summed E-state index contributed by atoms with van der Waals surface area (Å²) in [5.74, 6) is 1.09. The van der Waals surface area contributed by atoms with E-state index in [9.17, 15) is 4.79 Å². The average Bonchev–Trinajstić information content (AvgIpc) is 3.15. The monoisotopic (exact) mass is 352 g/mol. The molecular formula is C16H18Cl2N4O. The van der Waals surface area contributed by atoms with Crippen LogP contribution in [0, 0.1) is 5.92 Å². The Morgan fingerprint density at radius 3 is 2.74 bits per heavy atom. The Morgan fingerprint density at radius 1 is 1.26 bits per heavy atom. The molecule has 2 heterocycles. The number of hydrogen-bond donors (Lipinski definition) is 3. The maximum atomic E-state index is 12.0. The predicted molar refractivity (Wildman–Crippen MR) is 92.9 cm³/mol. The van der Waals surface area contributed by atoms with Crippen LogP contribution in [-0.4, -0.2) is 29.2 Å². The molecule has 2 aromatic rings. The number of halogens is 2. The van der Waals surface area contributed by atoms with Gasteiger partial charge in [0.05, 0.1) is 5.69 Å². The fraction of sp³-hybridized carbons (Fsp3) is 0.375. The molecule has 1 unspecified atom stereocenters. The lowest BCUT2D eigenvalue weighted by Gasteiger charge is -2.07. The zero-order valence-electron chi connectivity index (χ0n) is 12.5. The fourth-order valence-electron chi connectivity index (χ4n) is 2.74. The molecule has 1 aromatic carbocycles. The SMILES string of the molecule is O=C(CCC1CCNC1)Nc1cc(-c2cc(Cl)cc(Cl)c2)[nH]n1. The Balaban J connectivity index is 1.59. The largest absolute Gasteiger partial charge is 0.316 e. The lowest BCUT2D eigenvalue weighted by Crippen LogP contribution is -2.15. The highest BCUT2D eigenvalue weighted by Gasteiger charge is 2.16. The average molecular weight is 353 g/mol. The van der Waals surface area contributed by atoms with E-state index in [-0.39, 0.29) is 5.91 Å². The van der Waals surface area contributed by atoms with Gasteiger partial charge in [0.1, 0.15) is 0 Å². The van der Waals surface area contributed by atoms with Crippen LogP contribution in [0.4, 0.5) is 5.82 Å². The van der Waals surface area contributed by atoms with E-state index in [1.54, 1.807) is 24.3 Å². The summed E-state index contributed by atoms with van der Waals surface area (Å²) in [6.07, 6.45) is 2.56. The van der Waals surface area contributed by atoms with E-state index in [1.807, 2.05) is 0 Å². The number of carbonyl (C=O) groups excluding carboxylic acids is 1. The molecule has 1 aliphatic rings. The summed E-state index contributed by atoms with van der Waals surface area (Å²) in [5, 5.41) is 14.2. The number of aromatic amines is 1. The highest BCUT2D eigenvalue weighted by Crippen LogP contribution is 2.27. The summed E-state index contributed by atoms with van der Waals surface area (Å²) in [5.41, 5.74) is 1.58. The molecule has 1 aromatic heterocycles. The van der Waals surface area contributed by atoms with E-state index in [1.165, 1.54) is 0 Å². The number of rotatable bonds is 5. The van der Waals surface area contributed by atoms with E-state index >= 15 is 0 Å². The topological polar surface area (TPSA) is 69.8 Å². The maximum Gasteiger partial charge on any atom is 0.225 e. The van der Waals surface area contributed by atoms with E-state index in [4.69, 9.17) is 23.2 Å². The summed E-state index contributed by atoms with van der Waals surface area (Å²) in [4.78, 5) is 12.0. The van der Waals surface area contributed by atoms with E-state index in [2.05, 4.69) is 20.8 Å². The Morgan fingerprint density at radius 2 is 2.04 bits per heavy atom. The molecule has 0 spiro atoms. The second kappa shape index (κ2) is 7.34. The third kappa shape index (κ3) is 4.47. The quantitative estimate of drug-likeness (QED) is 0.767. The van der Waals surface area contributed by atoms with Gasteiger partial charge in [-0.15, -0.1) is 0 Å². The summed E-state index contributed by atoms with van der Waals surface area (Å²) < 4.78 is 0. The van der Waals surface area contributed by atoms with Crippen LogP contribution in [0.2, 0.25) is 10.0 Å². The number of hydrogen-bond acceptors (Lipinski definition) is 3. The molecular weight excluding hydrogens is 335 g/mol. The minimum atomic E-state index is -0.0147. The number of amides is 1. The Bertz CT molecular complexity index is 675. The lowest BCUT2D eigenvalue weighted by atomic mass is 10.0. The first kappa shape index (κ1) is 16.3. The normalized spacial score (nSPS) is 17.4. The predicted octanol–water partition coefficient (Wildman–Crippen LogP) is 3.71. The van der Waals surface area contributed by atoms with Crippen molar-refractivity contribution >= 4 is 34.9 Å². The van der Waals surface area contributed by atoms with Crippen molar-refractivity contribution in [1.82, 2.24) is 15.5 Å². The lowest BCUT2D eigenvalue weighted by molar-refractivity contribution is -0.116. The Labute approximate surface area is 144 Å². The zero-order chi connectivity index (χ0) is 16.2. The van der Waals surface area contributed by atoms with Gasteiger partial charge in [0.2, 0.25) is 5.91 Å². The molecule has 1 saturated heterocycles. The Hall–Kier alpha value is -1.56. The van der Waals surface area contributed by atoms with Crippen LogP contribution in [-0.2, 0) is 4.79 Å². The fourth-order valence-corrected chi connectivity index (χ4v) is 3.27. The number of nitrogens with zero attached hydrogens (tertiary/aromatic N) is 1. The van der Waals surface area contributed by atoms with Gasteiger partial charge in [-0.25, -0.2) is 0 Å². The number of carbonyl (C=O) groups is 1. The van der Waals surface area contributed by atoms with Gasteiger partial charge in [-0.3, -0.25) is 9.89 Å². The highest BCUT2D eigenvalue weighted by molar-refractivity contribution is 6.35. The van der Waals surface area contributed by atoms with Crippen molar-refractivity contribution in [3.05, 3.63) is 34.3 Å². The number of benzene rings is 1. The van der Waals surface area contributed by atoms with E-state index < -0.39 is 0 Å². The smallest absolute Gasteiger partial charge is 0.225 e. The molecule has 0 aliphatic carbocycles. The van der Waals surface area contributed by atoms with E-state index in [0.29, 0.717) is 28.2 Å². The number of H-pyrrole nitrogens is 1. The molecule has 3 rings (SSSR count). The number of aromatic nitrogens is 2. The van der Waals surface area contributed by atoms with Crippen LogP contribution in [0.15, 0.2) is 24.3 Å². The van der Waals surface area contributed by atoms with Crippen LogP contribution >= 0.6 is 23.2 Å². The van der Waals surface area contributed by atoms with Gasteiger partial charge in [0.25, 0.3) is 0 Å². The first-order valence-corrected chi connectivity index (χ1v) is 8.38. The molecule has 1 atom stereocenters. The van der Waals surface area contributed by atoms with Gasteiger partial charge in [0.15, 0.2) is 5.82 Å². The summed E-state index contributed by atoms with van der Waals surface area (Å²) in [7, 11) is 0. The van der Waals surface area contributed by atoms with Gasteiger partial charge in [0, 0.05) is 28.1 Å². The third-order valence-corrected chi connectivity index (χ3v) is 4.40. The molecule has 1 amide bonds. The summed E-state index contributed by atoms with van der Waals surface area (Å²) >= 11 is 12.0. The minimum absolute atomic E-state index is 0.0147. The second-order valence-electron chi connectivity index (χ2n) is 5.77.